The number of nitrogens with one attached hydrogen (secondary N) is 1. The molecule has 0 heterocycles. The van der Waals surface area contributed by atoms with E-state index < -0.39 is 0 Å². The summed E-state index contributed by atoms with van der Waals surface area (Å²) in [6, 6.07) is 0.127. The Morgan fingerprint density at radius 1 is 1.33 bits per heavy atom. The van der Waals surface area contributed by atoms with Gasteiger partial charge in [0.2, 0.25) is 5.91 Å². The molecule has 0 rings (SSSR count). The molecule has 0 saturated heterocycles. The Morgan fingerprint density at radius 2 is 1.80 bits per heavy atom. The van der Waals surface area contributed by atoms with Crippen LogP contribution in [0.2, 0.25) is 0 Å². The highest BCUT2D eigenvalue weighted by atomic mass is 32.1. The Bertz CT molecular complexity index is 240. The second-order valence-corrected chi connectivity index (χ2v) is 6.19. The van der Waals surface area contributed by atoms with Gasteiger partial charge in [-0.15, -0.1) is 0 Å². The summed E-state index contributed by atoms with van der Waals surface area (Å²) in [5.41, 5.74) is 0.0270. The Kier molecular flexibility index (Phi) is 4.91. The molecule has 0 aromatic heterocycles. The molecule has 0 aliphatic carbocycles. The quantitative estimate of drug-likeness (QED) is 0.751. The fraction of sp³-hybridized carbons (Fsp3) is 0.833. The van der Waals surface area contributed by atoms with Crippen molar-refractivity contribution in [3.05, 3.63) is 0 Å². The predicted molar refractivity (Wildman–Crippen MR) is 69.1 cm³/mol. The van der Waals surface area contributed by atoms with Gasteiger partial charge >= 0.3 is 0 Å². The maximum Gasteiger partial charge on any atom is 0.217 e. The first-order chi connectivity index (χ1) is 6.61. The summed E-state index contributed by atoms with van der Waals surface area (Å²) >= 11 is 4.92. The van der Waals surface area contributed by atoms with Crippen molar-refractivity contribution >= 4 is 23.5 Å². The van der Waals surface area contributed by atoms with Gasteiger partial charge in [0.15, 0.2) is 0 Å². The van der Waals surface area contributed by atoms with Crippen molar-refractivity contribution in [2.45, 2.75) is 54.0 Å². The van der Waals surface area contributed by atoms with Gasteiger partial charge in [0, 0.05) is 13.0 Å². The van der Waals surface area contributed by atoms with Crippen molar-refractivity contribution in [3.8, 4) is 0 Å². The van der Waals surface area contributed by atoms with Crippen LogP contribution in [-0.4, -0.2) is 17.3 Å². The monoisotopic (exact) mass is 229 g/mol. The minimum Gasteiger partial charge on any atom is -0.353 e. The van der Waals surface area contributed by atoms with E-state index in [9.17, 15) is 4.79 Å². The Morgan fingerprint density at radius 3 is 2.07 bits per heavy atom. The predicted octanol–water partition coefficient (Wildman–Crippen LogP) is 2.95. The molecule has 0 spiro atoms. The molecule has 3 heteroatoms. The smallest absolute Gasteiger partial charge is 0.217 e. The summed E-state index contributed by atoms with van der Waals surface area (Å²) < 4.78 is 0. The van der Waals surface area contributed by atoms with Gasteiger partial charge in [0.1, 0.15) is 0 Å². The first-order valence-electron chi connectivity index (χ1n) is 5.32. The second kappa shape index (κ2) is 5.06. The number of amides is 1. The number of carbonyl (C=O) groups excluding carboxylic acids is 1. The van der Waals surface area contributed by atoms with Crippen molar-refractivity contribution < 1.29 is 4.79 Å². The largest absolute Gasteiger partial charge is 0.353 e. The standard InChI is InChI=1S/C12H23NOS/c1-9(14)13-10(11(2,3)4)12(5,6)7-8-15/h8,10H,7H2,1-6H3,(H,13,14). The van der Waals surface area contributed by atoms with Crippen molar-refractivity contribution in [3.63, 3.8) is 0 Å². The first-order valence-corrected chi connectivity index (χ1v) is 5.79. The van der Waals surface area contributed by atoms with Gasteiger partial charge in [-0.1, -0.05) is 46.8 Å². The summed E-state index contributed by atoms with van der Waals surface area (Å²) in [6.07, 6.45) is 0.824. The molecule has 1 amide bonds. The normalized spacial score (nSPS) is 14.5. The lowest BCUT2D eigenvalue weighted by molar-refractivity contribution is -0.121. The molecule has 1 unspecified atom stereocenters. The lowest BCUT2D eigenvalue weighted by Crippen LogP contribution is -2.52. The van der Waals surface area contributed by atoms with E-state index in [1.807, 2.05) is 0 Å². The van der Waals surface area contributed by atoms with Crippen LogP contribution in [0.15, 0.2) is 0 Å². The molecule has 0 radical (unpaired) electrons. The Hall–Kier alpha value is -0.440. The van der Waals surface area contributed by atoms with E-state index in [4.69, 9.17) is 12.2 Å². The second-order valence-electron chi connectivity index (χ2n) is 5.86. The lowest BCUT2D eigenvalue weighted by Gasteiger charge is -2.42. The molecule has 0 aliphatic heterocycles. The molecular formula is C12H23NOS. The highest BCUT2D eigenvalue weighted by molar-refractivity contribution is 7.78. The SMILES string of the molecule is CC(=O)NC(C(C)(C)C)C(C)(C)CC=S. The maximum atomic E-state index is 11.2. The van der Waals surface area contributed by atoms with Gasteiger partial charge in [0.25, 0.3) is 0 Å². The molecule has 0 aliphatic rings. The van der Waals surface area contributed by atoms with Crippen LogP contribution in [0.3, 0.4) is 0 Å². The maximum absolute atomic E-state index is 11.2. The van der Waals surface area contributed by atoms with Crippen LogP contribution in [0.4, 0.5) is 0 Å². The van der Waals surface area contributed by atoms with Crippen LogP contribution in [0, 0.1) is 10.8 Å². The number of rotatable bonds is 4. The van der Waals surface area contributed by atoms with Crippen molar-refractivity contribution in [1.29, 1.82) is 0 Å². The molecule has 0 bridgehead atoms. The molecule has 1 atom stereocenters. The van der Waals surface area contributed by atoms with Crippen LogP contribution in [0.25, 0.3) is 0 Å². The zero-order valence-electron chi connectivity index (χ0n) is 10.7. The highest BCUT2D eigenvalue weighted by Gasteiger charge is 2.37. The van der Waals surface area contributed by atoms with E-state index in [2.05, 4.69) is 39.9 Å². The van der Waals surface area contributed by atoms with Crippen molar-refractivity contribution in [2.24, 2.45) is 10.8 Å². The van der Waals surface area contributed by atoms with Gasteiger partial charge in [-0.3, -0.25) is 4.79 Å². The van der Waals surface area contributed by atoms with Gasteiger partial charge in [-0.05, 0) is 22.6 Å². The molecule has 0 saturated carbocycles. The number of thiocarbonyl (C=S) groups is 1. The number of carbonyl (C=O) groups is 1. The molecule has 15 heavy (non-hydrogen) atoms. The zero-order valence-corrected chi connectivity index (χ0v) is 11.5. The number of hydrogen-bond donors (Lipinski definition) is 1. The van der Waals surface area contributed by atoms with Crippen LogP contribution >= 0.6 is 12.2 Å². The molecule has 1 N–H and O–H groups in total. The van der Waals surface area contributed by atoms with Crippen LogP contribution in [0.5, 0.6) is 0 Å². The summed E-state index contributed by atoms with van der Waals surface area (Å²) in [5, 5.41) is 4.79. The third-order valence-corrected chi connectivity index (χ3v) is 2.77. The summed E-state index contributed by atoms with van der Waals surface area (Å²) in [6.45, 7) is 12.3. The Balaban J connectivity index is 4.92. The van der Waals surface area contributed by atoms with E-state index in [1.165, 1.54) is 0 Å². The van der Waals surface area contributed by atoms with E-state index >= 15 is 0 Å². The molecular weight excluding hydrogens is 206 g/mol. The average Bonchev–Trinajstić information content (AvgIpc) is 1.97. The summed E-state index contributed by atoms with van der Waals surface area (Å²) in [7, 11) is 0. The van der Waals surface area contributed by atoms with Crippen molar-refractivity contribution in [1.82, 2.24) is 5.32 Å². The van der Waals surface area contributed by atoms with Gasteiger partial charge < -0.3 is 5.32 Å². The first kappa shape index (κ1) is 14.6. The third-order valence-electron chi connectivity index (χ3n) is 2.60. The third kappa shape index (κ3) is 4.74. The van der Waals surface area contributed by atoms with Crippen molar-refractivity contribution in [2.75, 3.05) is 0 Å². The van der Waals surface area contributed by atoms with Gasteiger partial charge in [-0.2, -0.15) is 0 Å². The molecule has 2 nitrogen and oxygen atoms in total. The van der Waals surface area contributed by atoms with Gasteiger partial charge in [0.05, 0.1) is 0 Å². The fourth-order valence-corrected chi connectivity index (χ4v) is 2.55. The van der Waals surface area contributed by atoms with Crippen LogP contribution in [0.1, 0.15) is 48.0 Å². The minimum absolute atomic E-state index is 0.00826. The van der Waals surface area contributed by atoms with E-state index in [-0.39, 0.29) is 22.8 Å². The summed E-state index contributed by atoms with van der Waals surface area (Å²) in [4.78, 5) is 11.2. The molecule has 0 aromatic carbocycles. The van der Waals surface area contributed by atoms with Crippen LogP contribution in [-0.2, 0) is 4.79 Å². The van der Waals surface area contributed by atoms with E-state index in [0.29, 0.717) is 0 Å². The van der Waals surface area contributed by atoms with E-state index in [0.717, 1.165) is 6.42 Å². The molecule has 88 valence electrons. The Labute approximate surface area is 98.8 Å². The van der Waals surface area contributed by atoms with Crippen LogP contribution < -0.4 is 5.32 Å². The fourth-order valence-electron chi connectivity index (χ4n) is 2.12. The minimum atomic E-state index is -0.00826. The number of hydrogen-bond acceptors (Lipinski definition) is 2. The zero-order chi connectivity index (χ0) is 12.3. The molecule has 0 aromatic rings. The molecule has 0 fully saturated rings. The average molecular weight is 229 g/mol. The highest BCUT2D eigenvalue weighted by Crippen LogP contribution is 2.35. The topological polar surface area (TPSA) is 29.1 Å². The lowest BCUT2D eigenvalue weighted by atomic mass is 9.69. The summed E-state index contributed by atoms with van der Waals surface area (Å²) in [5.74, 6) is 0.0207. The van der Waals surface area contributed by atoms with E-state index in [1.54, 1.807) is 12.3 Å². The van der Waals surface area contributed by atoms with Gasteiger partial charge in [-0.25, -0.2) is 0 Å².